The van der Waals surface area contributed by atoms with Crippen molar-refractivity contribution >= 4 is 23.2 Å². The largest absolute Gasteiger partial charge is 0.386 e. The maximum Gasteiger partial charge on any atom is 0.256 e. The standard InChI is InChI=1S/C19H21N5O2/c1-19(2,26)13-5-3-12(4-6-13)18(25)23-15-11-17(21-14-7-8-14)24-16(22-15)9-10-20-24/h3-6,9-11,14,21,26H,7-8H2,1-2H3,(H,22,23,25). The minimum atomic E-state index is -0.938. The molecule has 0 radical (unpaired) electrons. The van der Waals surface area contributed by atoms with Crippen LogP contribution in [0.4, 0.5) is 11.6 Å². The minimum Gasteiger partial charge on any atom is -0.386 e. The number of hydrogen-bond acceptors (Lipinski definition) is 5. The summed E-state index contributed by atoms with van der Waals surface area (Å²) < 4.78 is 1.73. The van der Waals surface area contributed by atoms with Gasteiger partial charge in [-0.2, -0.15) is 9.61 Å². The Labute approximate surface area is 151 Å². The maximum atomic E-state index is 12.5. The van der Waals surface area contributed by atoms with Gasteiger partial charge in [0.2, 0.25) is 0 Å². The lowest BCUT2D eigenvalue weighted by Crippen LogP contribution is -2.17. The molecule has 2 heterocycles. The summed E-state index contributed by atoms with van der Waals surface area (Å²) in [5.74, 6) is 1.04. The fraction of sp³-hybridized carbons (Fsp3) is 0.316. The summed E-state index contributed by atoms with van der Waals surface area (Å²) in [6.45, 7) is 3.42. The number of carbonyl (C=O) groups is 1. The van der Waals surface area contributed by atoms with Crippen LogP contribution in [-0.2, 0) is 5.60 Å². The zero-order valence-corrected chi connectivity index (χ0v) is 14.7. The maximum absolute atomic E-state index is 12.5. The third kappa shape index (κ3) is 3.39. The topological polar surface area (TPSA) is 91.5 Å². The Kier molecular flexibility index (Phi) is 3.88. The second-order valence-corrected chi connectivity index (χ2v) is 7.14. The third-order valence-electron chi connectivity index (χ3n) is 4.38. The van der Waals surface area contributed by atoms with Gasteiger partial charge in [0.15, 0.2) is 5.65 Å². The van der Waals surface area contributed by atoms with Crippen molar-refractivity contribution in [3.8, 4) is 0 Å². The molecular formula is C19H21N5O2. The van der Waals surface area contributed by atoms with E-state index in [0.717, 1.165) is 24.2 Å². The quantitative estimate of drug-likeness (QED) is 0.657. The van der Waals surface area contributed by atoms with Crippen molar-refractivity contribution < 1.29 is 9.90 Å². The Bertz CT molecular complexity index is 952. The van der Waals surface area contributed by atoms with Crippen LogP contribution < -0.4 is 10.6 Å². The lowest BCUT2D eigenvalue weighted by Gasteiger charge is -2.17. The Hall–Kier alpha value is -2.93. The van der Waals surface area contributed by atoms with Crippen LogP contribution in [0, 0.1) is 0 Å². The van der Waals surface area contributed by atoms with E-state index in [0.29, 0.717) is 23.1 Å². The molecular weight excluding hydrogens is 330 g/mol. The van der Waals surface area contributed by atoms with Gasteiger partial charge >= 0.3 is 0 Å². The number of rotatable bonds is 5. The summed E-state index contributed by atoms with van der Waals surface area (Å²) in [6.07, 6.45) is 3.96. The van der Waals surface area contributed by atoms with Crippen LogP contribution in [0.1, 0.15) is 42.6 Å². The van der Waals surface area contributed by atoms with Crippen LogP contribution in [0.3, 0.4) is 0 Å². The SMILES string of the molecule is CC(C)(O)c1ccc(C(=O)Nc2cc(NC3CC3)n3nccc3n2)cc1. The van der Waals surface area contributed by atoms with Gasteiger partial charge in [0.25, 0.3) is 5.91 Å². The lowest BCUT2D eigenvalue weighted by molar-refractivity contribution is 0.0785. The van der Waals surface area contributed by atoms with E-state index in [-0.39, 0.29) is 5.91 Å². The molecule has 0 bridgehead atoms. The molecule has 7 nitrogen and oxygen atoms in total. The van der Waals surface area contributed by atoms with E-state index in [4.69, 9.17) is 0 Å². The van der Waals surface area contributed by atoms with Crippen LogP contribution in [0.2, 0.25) is 0 Å². The first-order valence-corrected chi connectivity index (χ1v) is 8.66. The first kappa shape index (κ1) is 16.5. The molecule has 0 saturated heterocycles. The molecule has 0 aliphatic heterocycles. The van der Waals surface area contributed by atoms with Gasteiger partial charge in [-0.1, -0.05) is 12.1 Å². The summed E-state index contributed by atoms with van der Waals surface area (Å²) in [5, 5.41) is 20.5. The molecule has 1 aromatic carbocycles. The van der Waals surface area contributed by atoms with Crippen LogP contribution in [-0.4, -0.2) is 31.7 Å². The molecule has 0 atom stereocenters. The summed E-state index contributed by atoms with van der Waals surface area (Å²) >= 11 is 0. The van der Waals surface area contributed by atoms with Gasteiger partial charge < -0.3 is 15.7 Å². The van der Waals surface area contributed by atoms with Gasteiger partial charge in [-0.05, 0) is 44.4 Å². The zero-order chi connectivity index (χ0) is 18.3. The molecule has 1 amide bonds. The van der Waals surface area contributed by atoms with Crippen LogP contribution in [0.5, 0.6) is 0 Å². The number of carbonyl (C=O) groups excluding carboxylic acids is 1. The number of fused-ring (bicyclic) bond motifs is 1. The first-order valence-electron chi connectivity index (χ1n) is 8.66. The van der Waals surface area contributed by atoms with Crippen molar-refractivity contribution in [2.24, 2.45) is 0 Å². The van der Waals surface area contributed by atoms with Gasteiger partial charge in [-0.25, -0.2) is 4.98 Å². The summed E-state index contributed by atoms with van der Waals surface area (Å²) in [4.78, 5) is 17.0. The average Bonchev–Trinajstić information content (AvgIpc) is 3.28. The van der Waals surface area contributed by atoms with Crippen molar-refractivity contribution in [2.75, 3.05) is 10.6 Å². The van der Waals surface area contributed by atoms with Crippen LogP contribution in [0.25, 0.3) is 5.65 Å². The first-order chi connectivity index (χ1) is 12.4. The monoisotopic (exact) mass is 351 g/mol. The van der Waals surface area contributed by atoms with Gasteiger partial charge in [-0.15, -0.1) is 0 Å². The van der Waals surface area contributed by atoms with E-state index in [9.17, 15) is 9.90 Å². The summed E-state index contributed by atoms with van der Waals surface area (Å²) in [7, 11) is 0. The average molecular weight is 351 g/mol. The number of benzene rings is 1. The second kappa shape index (κ2) is 6.10. The van der Waals surface area contributed by atoms with E-state index in [1.807, 2.05) is 0 Å². The number of nitrogens with one attached hydrogen (secondary N) is 2. The van der Waals surface area contributed by atoms with E-state index in [1.54, 1.807) is 61.0 Å². The van der Waals surface area contributed by atoms with Gasteiger partial charge in [0.05, 0.1) is 11.8 Å². The summed E-state index contributed by atoms with van der Waals surface area (Å²) in [6, 6.07) is 11.0. The van der Waals surface area contributed by atoms with E-state index in [2.05, 4.69) is 20.7 Å². The van der Waals surface area contributed by atoms with Crippen LogP contribution in [0.15, 0.2) is 42.6 Å². The number of aromatic nitrogens is 3. The number of nitrogens with zero attached hydrogens (tertiary/aromatic N) is 3. The highest BCUT2D eigenvalue weighted by molar-refractivity contribution is 6.04. The molecule has 26 heavy (non-hydrogen) atoms. The van der Waals surface area contributed by atoms with Gasteiger partial charge in [-0.3, -0.25) is 4.79 Å². The molecule has 1 fully saturated rings. The van der Waals surface area contributed by atoms with Crippen LogP contribution >= 0.6 is 0 Å². The molecule has 1 aliphatic carbocycles. The number of amides is 1. The van der Waals surface area contributed by atoms with Crippen molar-refractivity contribution in [1.29, 1.82) is 0 Å². The minimum absolute atomic E-state index is 0.249. The van der Waals surface area contributed by atoms with Crippen molar-refractivity contribution in [2.45, 2.75) is 38.3 Å². The highest BCUT2D eigenvalue weighted by atomic mass is 16.3. The Balaban J connectivity index is 1.57. The predicted molar refractivity (Wildman–Crippen MR) is 99.3 cm³/mol. The number of hydrogen-bond donors (Lipinski definition) is 3. The molecule has 3 N–H and O–H groups in total. The molecule has 0 spiro atoms. The van der Waals surface area contributed by atoms with Crippen molar-refractivity contribution in [1.82, 2.24) is 14.6 Å². The highest BCUT2D eigenvalue weighted by Crippen LogP contribution is 2.26. The molecule has 3 aromatic rings. The molecule has 0 unspecified atom stereocenters. The molecule has 7 heteroatoms. The van der Waals surface area contributed by atoms with Gasteiger partial charge in [0.1, 0.15) is 11.6 Å². The Morgan fingerprint density at radius 3 is 2.62 bits per heavy atom. The lowest BCUT2D eigenvalue weighted by atomic mass is 9.97. The fourth-order valence-corrected chi connectivity index (χ4v) is 2.73. The number of aliphatic hydroxyl groups is 1. The molecule has 134 valence electrons. The van der Waals surface area contributed by atoms with Crippen molar-refractivity contribution in [3.05, 3.63) is 53.7 Å². The highest BCUT2D eigenvalue weighted by Gasteiger charge is 2.23. The van der Waals surface area contributed by atoms with E-state index < -0.39 is 5.60 Å². The summed E-state index contributed by atoms with van der Waals surface area (Å²) in [5.41, 5.74) is 0.990. The second-order valence-electron chi connectivity index (χ2n) is 7.14. The van der Waals surface area contributed by atoms with Crippen molar-refractivity contribution in [3.63, 3.8) is 0 Å². The molecule has 1 saturated carbocycles. The molecule has 2 aromatic heterocycles. The third-order valence-corrected chi connectivity index (χ3v) is 4.38. The normalized spacial score (nSPS) is 14.4. The Morgan fingerprint density at radius 1 is 1.23 bits per heavy atom. The smallest absolute Gasteiger partial charge is 0.256 e. The molecule has 1 aliphatic rings. The molecule has 4 rings (SSSR count). The van der Waals surface area contributed by atoms with E-state index >= 15 is 0 Å². The zero-order valence-electron chi connectivity index (χ0n) is 14.7. The Morgan fingerprint density at radius 2 is 1.96 bits per heavy atom. The van der Waals surface area contributed by atoms with Gasteiger partial charge in [0, 0.05) is 23.7 Å². The van der Waals surface area contributed by atoms with E-state index in [1.165, 1.54) is 0 Å². The predicted octanol–water partition coefficient (Wildman–Crippen LogP) is 2.78. The number of anilines is 2. The fourth-order valence-electron chi connectivity index (χ4n) is 2.73.